The molecule has 1 heterocycles. The number of carbonyl (C=O) groups is 2. The van der Waals surface area contributed by atoms with Crippen LogP contribution in [0.2, 0.25) is 0 Å². The van der Waals surface area contributed by atoms with Gasteiger partial charge in [0, 0.05) is 24.9 Å². The van der Waals surface area contributed by atoms with E-state index in [9.17, 15) is 9.59 Å². The van der Waals surface area contributed by atoms with E-state index >= 15 is 0 Å². The molecule has 0 saturated carbocycles. The second kappa shape index (κ2) is 6.51. The van der Waals surface area contributed by atoms with Crippen LogP contribution in [0.25, 0.3) is 6.08 Å². The summed E-state index contributed by atoms with van der Waals surface area (Å²) in [6.07, 6.45) is 4.20. The molecule has 2 aromatic rings. The number of carboxylic acid groups (broad SMARTS) is 1. The number of benzene rings is 1. The Morgan fingerprint density at radius 1 is 1.29 bits per heavy atom. The second-order valence-corrected chi connectivity index (χ2v) is 4.42. The van der Waals surface area contributed by atoms with Crippen LogP contribution in [0, 0.1) is 0 Å². The van der Waals surface area contributed by atoms with Gasteiger partial charge in [0.15, 0.2) is 0 Å². The second-order valence-electron chi connectivity index (χ2n) is 4.42. The van der Waals surface area contributed by atoms with Crippen molar-refractivity contribution in [2.24, 2.45) is 7.05 Å². The highest BCUT2D eigenvalue weighted by molar-refractivity contribution is 5.94. The highest BCUT2D eigenvalue weighted by atomic mass is 16.4. The Labute approximate surface area is 121 Å². The number of hydrogen-bond donors (Lipinski definition) is 2. The zero-order valence-electron chi connectivity index (χ0n) is 11.5. The summed E-state index contributed by atoms with van der Waals surface area (Å²) >= 11 is 0. The highest BCUT2D eigenvalue weighted by Gasteiger charge is 2.06. The molecule has 0 aliphatic rings. The number of aliphatic carboxylic acids is 1. The lowest BCUT2D eigenvalue weighted by Gasteiger charge is -2.06. The van der Waals surface area contributed by atoms with Crippen molar-refractivity contribution in [3.8, 4) is 0 Å². The number of nitrogens with zero attached hydrogens (tertiary/aromatic N) is 2. The molecular formula is C15H15N3O3. The van der Waals surface area contributed by atoms with Crippen molar-refractivity contribution in [1.82, 2.24) is 15.1 Å². The van der Waals surface area contributed by atoms with Gasteiger partial charge in [0.1, 0.15) is 0 Å². The van der Waals surface area contributed by atoms with E-state index < -0.39 is 5.97 Å². The van der Waals surface area contributed by atoms with Crippen molar-refractivity contribution in [2.45, 2.75) is 6.54 Å². The van der Waals surface area contributed by atoms with Crippen LogP contribution in [0.3, 0.4) is 0 Å². The highest BCUT2D eigenvalue weighted by Crippen LogP contribution is 2.07. The van der Waals surface area contributed by atoms with E-state index in [0.717, 1.165) is 17.3 Å². The predicted molar refractivity (Wildman–Crippen MR) is 77.5 cm³/mol. The van der Waals surface area contributed by atoms with Crippen molar-refractivity contribution in [2.75, 3.05) is 0 Å². The lowest BCUT2D eigenvalue weighted by molar-refractivity contribution is -0.131. The van der Waals surface area contributed by atoms with Crippen molar-refractivity contribution in [3.63, 3.8) is 0 Å². The Balaban J connectivity index is 1.97. The zero-order chi connectivity index (χ0) is 15.2. The quantitative estimate of drug-likeness (QED) is 0.814. The third-order valence-electron chi connectivity index (χ3n) is 2.94. The number of rotatable bonds is 5. The molecule has 0 atom stereocenters. The molecule has 0 aliphatic heterocycles. The number of aromatic nitrogens is 2. The smallest absolute Gasteiger partial charge is 0.328 e. The van der Waals surface area contributed by atoms with E-state index in [1.807, 2.05) is 13.1 Å². The average molecular weight is 285 g/mol. The summed E-state index contributed by atoms with van der Waals surface area (Å²) in [5, 5.41) is 15.4. The van der Waals surface area contributed by atoms with Crippen LogP contribution in [-0.4, -0.2) is 26.8 Å². The number of carbonyl (C=O) groups excluding carboxylic acids is 1. The van der Waals surface area contributed by atoms with Crippen molar-refractivity contribution in [1.29, 1.82) is 0 Å². The first-order valence-electron chi connectivity index (χ1n) is 6.32. The van der Waals surface area contributed by atoms with Crippen LogP contribution >= 0.6 is 0 Å². The maximum atomic E-state index is 12.0. The Morgan fingerprint density at radius 2 is 2.00 bits per heavy atom. The zero-order valence-corrected chi connectivity index (χ0v) is 11.5. The molecule has 108 valence electrons. The third-order valence-corrected chi connectivity index (χ3v) is 2.94. The molecule has 0 fully saturated rings. The lowest BCUT2D eigenvalue weighted by atomic mass is 10.1. The Morgan fingerprint density at radius 3 is 2.57 bits per heavy atom. The number of carboxylic acids is 1. The molecule has 0 saturated heterocycles. The largest absolute Gasteiger partial charge is 0.478 e. The van der Waals surface area contributed by atoms with Gasteiger partial charge >= 0.3 is 5.97 Å². The van der Waals surface area contributed by atoms with Gasteiger partial charge in [0.2, 0.25) is 0 Å². The van der Waals surface area contributed by atoms with E-state index in [0.29, 0.717) is 12.1 Å². The molecule has 0 aliphatic carbocycles. The Hall–Kier alpha value is -2.89. The van der Waals surface area contributed by atoms with Gasteiger partial charge in [-0.3, -0.25) is 9.48 Å². The van der Waals surface area contributed by atoms with Gasteiger partial charge in [0.05, 0.1) is 12.2 Å². The summed E-state index contributed by atoms with van der Waals surface area (Å²) in [6, 6.07) is 8.52. The minimum atomic E-state index is -1.01. The monoisotopic (exact) mass is 285 g/mol. The summed E-state index contributed by atoms with van der Waals surface area (Å²) in [7, 11) is 1.81. The molecule has 0 radical (unpaired) electrons. The maximum absolute atomic E-state index is 12.0. The summed E-state index contributed by atoms with van der Waals surface area (Å²) in [4.78, 5) is 22.4. The molecule has 2 rings (SSSR count). The van der Waals surface area contributed by atoms with Gasteiger partial charge in [-0.05, 0) is 29.8 Å². The Kier molecular flexibility index (Phi) is 4.50. The number of amides is 1. The fourth-order valence-electron chi connectivity index (χ4n) is 1.76. The average Bonchev–Trinajstić information content (AvgIpc) is 2.88. The number of nitrogens with one attached hydrogen (secondary N) is 1. The van der Waals surface area contributed by atoms with Gasteiger partial charge in [0.25, 0.3) is 5.91 Å². The van der Waals surface area contributed by atoms with E-state index in [1.54, 1.807) is 35.1 Å². The lowest BCUT2D eigenvalue weighted by Crippen LogP contribution is -2.23. The molecule has 1 aromatic heterocycles. The molecular weight excluding hydrogens is 270 g/mol. The van der Waals surface area contributed by atoms with Gasteiger partial charge in [-0.25, -0.2) is 4.79 Å². The van der Waals surface area contributed by atoms with Crippen LogP contribution in [0.4, 0.5) is 0 Å². The summed E-state index contributed by atoms with van der Waals surface area (Å²) in [6.45, 7) is 0.399. The predicted octanol–water partition coefficient (Wildman–Crippen LogP) is 1.45. The van der Waals surface area contributed by atoms with Crippen molar-refractivity contribution in [3.05, 3.63) is 59.4 Å². The molecule has 21 heavy (non-hydrogen) atoms. The van der Waals surface area contributed by atoms with Crippen LogP contribution < -0.4 is 5.32 Å². The maximum Gasteiger partial charge on any atom is 0.328 e. The number of aryl methyl sites for hydroxylation is 1. The van der Waals surface area contributed by atoms with E-state index in [-0.39, 0.29) is 5.91 Å². The molecule has 2 N–H and O–H groups in total. The van der Waals surface area contributed by atoms with Crippen LogP contribution in [-0.2, 0) is 18.4 Å². The molecule has 6 heteroatoms. The number of hydrogen-bond acceptors (Lipinski definition) is 3. The van der Waals surface area contributed by atoms with E-state index in [2.05, 4.69) is 10.4 Å². The molecule has 1 aromatic carbocycles. The van der Waals surface area contributed by atoms with Crippen LogP contribution in [0.1, 0.15) is 21.6 Å². The fraction of sp³-hybridized carbons (Fsp3) is 0.133. The van der Waals surface area contributed by atoms with Gasteiger partial charge in [-0.2, -0.15) is 5.10 Å². The normalized spacial score (nSPS) is 10.7. The first-order chi connectivity index (χ1) is 10.1. The Bertz CT molecular complexity index is 672. The minimum Gasteiger partial charge on any atom is -0.478 e. The molecule has 6 nitrogen and oxygen atoms in total. The fourth-order valence-corrected chi connectivity index (χ4v) is 1.76. The van der Waals surface area contributed by atoms with Crippen LogP contribution in [0.15, 0.2) is 42.6 Å². The summed E-state index contributed by atoms with van der Waals surface area (Å²) in [5.74, 6) is -1.20. The SMILES string of the molecule is Cn1nccc1CNC(=O)c1ccc(C=CC(=O)O)cc1. The van der Waals surface area contributed by atoms with Gasteiger partial charge in [-0.15, -0.1) is 0 Å². The van der Waals surface area contributed by atoms with Crippen LogP contribution in [0.5, 0.6) is 0 Å². The van der Waals surface area contributed by atoms with Gasteiger partial charge in [-0.1, -0.05) is 12.1 Å². The van der Waals surface area contributed by atoms with E-state index in [1.165, 1.54) is 6.08 Å². The van der Waals surface area contributed by atoms with E-state index in [4.69, 9.17) is 5.11 Å². The third kappa shape index (κ3) is 4.04. The molecule has 1 amide bonds. The minimum absolute atomic E-state index is 0.190. The summed E-state index contributed by atoms with van der Waals surface area (Å²) in [5.41, 5.74) is 2.15. The van der Waals surface area contributed by atoms with Gasteiger partial charge < -0.3 is 10.4 Å². The van der Waals surface area contributed by atoms with Crippen molar-refractivity contribution < 1.29 is 14.7 Å². The molecule has 0 spiro atoms. The molecule has 0 unspecified atom stereocenters. The topological polar surface area (TPSA) is 84.2 Å². The molecule has 0 bridgehead atoms. The first-order valence-corrected chi connectivity index (χ1v) is 6.32. The standard InChI is InChI=1S/C15H15N3O3/c1-18-13(8-9-17-18)10-16-15(21)12-5-2-11(3-6-12)4-7-14(19)20/h2-9H,10H2,1H3,(H,16,21)(H,19,20). The first kappa shape index (κ1) is 14.5. The van der Waals surface area contributed by atoms with Crippen molar-refractivity contribution >= 4 is 18.0 Å². The summed E-state index contributed by atoms with van der Waals surface area (Å²) < 4.78 is 1.69.